The van der Waals surface area contributed by atoms with E-state index in [2.05, 4.69) is 20.9 Å². The summed E-state index contributed by atoms with van der Waals surface area (Å²) in [6.07, 6.45) is 0.433. The number of aromatic nitrogens is 1. The van der Waals surface area contributed by atoms with Crippen LogP contribution in [0.15, 0.2) is 29.6 Å². The van der Waals surface area contributed by atoms with Gasteiger partial charge in [-0.25, -0.2) is 4.98 Å². The van der Waals surface area contributed by atoms with Crippen molar-refractivity contribution in [2.45, 2.75) is 39.9 Å². The summed E-state index contributed by atoms with van der Waals surface area (Å²) in [6.45, 7) is 7.48. The monoisotopic (exact) mass is 434 g/mol. The number of benzene rings is 1. The molecular weight excluding hydrogens is 408 g/mol. The molecule has 0 bridgehead atoms. The number of thiazole rings is 1. The van der Waals surface area contributed by atoms with Crippen LogP contribution in [0.4, 0.5) is 16.5 Å². The number of nitrogens with one attached hydrogen (secondary N) is 3. The van der Waals surface area contributed by atoms with Gasteiger partial charge in [0.2, 0.25) is 17.7 Å². The fourth-order valence-corrected chi connectivity index (χ4v) is 3.91. The first-order valence-corrected chi connectivity index (χ1v) is 11.1. The van der Waals surface area contributed by atoms with Gasteiger partial charge in [0.1, 0.15) is 0 Å². The maximum atomic E-state index is 12.1. The normalized spacial score (nSPS) is 11.0. The van der Waals surface area contributed by atoms with Crippen molar-refractivity contribution in [2.24, 2.45) is 5.41 Å². The molecule has 29 heavy (non-hydrogen) atoms. The summed E-state index contributed by atoms with van der Waals surface area (Å²) < 4.78 is 0. The Bertz CT molecular complexity index is 857. The topological polar surface area (TPSA) is 100 Å². The molecule has 0 aliphatic heterocycles. The number of nitrogens with zero attached hydrogens (tertiary/aromatic N) is 1. The second-order valence-electron chi connectivity index (χ2n) is 7.73. The summed E-state index contributed by atoms with van der Waals surface area (Å²) in [5.74, 6) is 0.570. The van der Waals surface area contributed by atoms with Gasteiger partial charge in [0, 0.05) is 35.9 Å². The zero-order valence-electron chi connectivity index (χ0n) is 17.0. The van der Waals surface area contributed by atoms with Crippen molar-refractivity contribution in [3.8, 4) is 0 Å². The van der Waals surface area contributed by atoms with Gasteiger partial charge in [-0.3, -0.25) is 14.4 Å². The molecule has 0 atom stereocenters. The van der Waals surface area contributed by atoms with Crippen LogP contribution in [0.2, 0.25) is 0 Å². The Morgan fingerprint density at radius 2 is 1.62 bits per heavy atom. The molecule has 3 amide bonds. The van der Waals surface area contributed by atoms with Crippen LogP contribution in [-0.4, -0.2) is 28.5 Å². The molecule has 3 N–H and O–H groups in total. The second kappa shape index (κ2) is 10.4. The minimum atomic E-state index is -0.142. The molecule has 9 heteroatoms. The average Bonchev–Trinajstić information content (AvgIpc) is 3.01. The van der Waals surface area contributed by atoms with Crippen LogP contribution in [0.3, 0.4) is 0 Å². The van der Waals surface area contributed by atoms with Crippen LogP contribution in [0, 0.1) is 5.41 Å². The lowest BCUT2D eigenvalue weighted by molar-refractivity contribution is -0.118. The molecule has 0 saturated carbocycles. The van der Waals surface area contributed by atoms with E-state index in [-0.39, 0.29) is 28.9 Å². The third-order valence-corrected chi connectivity index (χ3v) is 5.23. The molecule has 0 radical (unpaired) electrons. The number of thioether (sulfide) groups is 1. The van der Waals surface area contributed by atoms with E-state index in [4.69, 9.17) is 0 Å². The van der Waals surface area contributed by atoms with Gasteiger partial charge in [0.25, 0.3) is 0 Å². The first-order chi connectivity index (χ1) is 13.6. The van der Waals surface area contributed by atoms with Crippen molar-refractivity contribution in [1.29, 1.82) is 0 Å². The van der Waals surface area contributed by atoms with Gasteiger partial charge in [-0.1, -0.05) is 20.8 Å². The third kappa shape index (κ3) is 9.10. The maximum Gasteiger partial charge on any atom is 0.234 e. The van der Waals surface area contributed by atoms with Gasteiger partial charge in [0.15, 0.2) is 5.13 Å². The number of anilines is 3. The maximum absolute atomic E-state index is 12.1. The summed E-state index contributed by atoms with van der Waals surface area (Å²) in [6, 6.07) is 6.94. The van der Waals surface area contributed by atoms with Crippen LogP contribution in [0.25, 0.3) is 0 Å². The number of amides is 3. The highest BCUT2D eigenvalue weighted by Crippen LogP contribution is 2.23. The number of carbonyl (C=O) groups is 3. The average molecular weight is 435 g/mol. The standard InChI is InChI=1S/C20H26N4O3S2/c1-13(25)21-14-5-7-15(8-6-14)22-18(27)12-28-10-16-11-29-19(23-16)24-17(26)9-20(2,3)4/h5-8,11H,9-10,12H2,1-4H3,(H,21,25)(H,22,27)(H,23,24,26). The van der Waals surface area contributed by atoms with Crippen LogP contribution in [0.1, 0.15) is 39.8 Å². The van der Waals surface area contributed by atoms with Crippen LogP contribution in [0.5, 0.6) is 0 Å². The van der Waals surface area contributed by atoms with Gasteiger partial charge in [0.05, 0.1) is 11.4 Å². The van der Waals surface area contributed by atoms with Crippen molar-refractivity contribution >= 4 is 57.3 Å². The van der Waals surface area contributed by atoms with E-state index >= 15 is 0 Å². The molecule has 1 aromatic carbocycles. The lowest BCUT2D eigenvalue weighted by Gasteiger charge is -2.16. The molecule has 156 valence electrons. The van der Waals surface area contributed by atoms with Gasteiger partial charge in [-0.2, -0.15) is 0 Å². The number of hydrogen-bond acceptors (Lipinski definition) is 6. The van der Waals surface area contributed by atoms with Crippen molar-refractivity contribution in [2.75, 3.05) is 21.7 Å². The predicted octanol–water partition coefficient (Wildman–Crippen LogP) is 4.35. The van der Waals surface area contributed by atoms with Crippen molar-refractivity contribution < 1.29 is 14.4 Å². The van der Waals surface area contributed by atoms with E-state index in [1.165, 1.54) is 30.0 Å². The fraction of sp³-hybridized carbons (Fsp3) is 0.400. The molecule has 0 saturated heterocycles. The molecule has 0 unspecified atom stereocenters. The van der Waals surface area contributed by atoms with E-state index in [0.29, 0.717) is 28.7 Å². The van der Waals surface area contributed by atoms with Crippen LogP contribution >= 0.6 is 23.1 Å². The second-order valence-corrected chi connectivity index (χ2v) is 9.57. The Labute approximate surface area is 179 Å². The molecular formula is C20H26N4O3S2. The minimum Gasteiger partial charge on any atom is -0.326 e. The quantitative estimate of drug-likeness (QED) is 0.574. The summed E-state index contributed by atoms with van der Waals surface area (Å²) in [4.78, 5) is 39.4. The number of rotatable bonds is 8. The molecule has 0 spiro atoms. The predicted molar refractivity (Wildman–Crippen MR) is 120 cm³/mol. The molecule has 1 heterocycles. The Kier molecular flexibility index (Phi) is 8.21. The van der Waals surface area contributed by atoms with E-state index < -0.39 is 0 Å². The summed E-state index contributed by atoms with van der Waals surface area (Å²) in [7, 11) is 0. The fourth-order valence-electron chi connectivity index (χ4n) is 2.36. The smallest absolute Gasteiger partial charge is 0.234 e. The summed E-state index contributed by atoms with van der Waals surface area (Å²) in [5.41, 5.74) is 2.11. The molecule has 1 aromatic heterocycles. The number of hydrogen-bond donors (Lipinski definition) is 3. The molecule has 2 aromatic rings. The highest BCUT2D eigenvalue weighted by molar-refractivity contribution is 7.99. The lowest BCUT2D eigenvalue weighted by atomic mass is 9.92. The Hall–Kier alpha value is -2.39. The zero-order chi connectivity index (χ0) is 21.4. The molecule has 0 aliphatic carbocycles. The number of carbonyl (C=O) groups excluding carboxylic acids is 3. The van der Waals surface area contributed by atoms with Crippen LogP contribution < -0.4 is 16.0 Å². The van der Waals surface area contributed by atoms with E-state index in [9.17, 15) is 14.4 Å². The van der Waals surface area contributed by atoms with Crippen LogP contribution in [-0.2, 0) is 20.1 Å². The molecule has 0 fully saturated rings. The first kappa shape index (κ1) is 22.9. The highest BCUT2D eigenvalue weighted by Gasteiger charge is 2.17. The van der Waals surface area contributed by atoms with E-state index in [0.717, 1.165) is 5.69 Å². The zero-order valence-corrected chi connectivity index (χ0v) is 18.6. The molecule has 7 nitrogen and oxygen atoms in total. The van der Waals surface area contributed by atoms with Crippen molar-refractivity contribution in [3.63, 3.8) is 0 Å². The van der Waals surface area contributed by atoms with Crippen molar-refractivity contribution in [3.05, 3.63) is 35.3 Å². The molecule has 2 rings (SSSR count). The van der Waals surface area contributed by atoms with E-state index in [1.54, 1.807) is 24.3 Å². The van der Waals surface area contributed by atoms with Gasteiger partial charge < -0.3 is 16.0 Å². The summed E-state index contributed by atoms with van der Waals surface area (Å²) >= 11 is 2.83. The third-order valence-electron chi connectivity index (χ3n) is 3.46. The molecule has 0 aliphatic rings. The highest BCUT2D eigenvalue weighted by atomic mass is 32.2. The first-order valence-electron chi connectivity index (χ1n) is 9.10. The minimum absolute atomic E-state index is 0.0463. The Morgan fingerprint density at radius 1 is 1.00 bits per heavy atom. The van der Waals surface area contributed by atoms with E-state index in [1.807, 2.05) is 26.2 Å². The Balaban J connectivity index is 1.73. The largest absolute Gasteiger partial charge is 0.326 e. The summed E-state index contributed by atoms with van der Waals surface area (Å²) in [5, 5.41) is 10.8. The Morgan fingerprint density at radius 3 is 2.21 bits per heavy atom. The lowest BCUT2D eigenvalue weighted by Crippen LogP contribution is -2.19. The SMILES string of the molecule is CC(=O)Nc1ccc(NC(=O)CSCc2csc(NC(=O)CC(C)(C)C)n2)cc1. The van der Waals surface area contributed by atoms with Gasteiger partial charge in [-0.15, -0.1) is 23.1 Å². The van der Waals surface area contributed by atoms with Gasteiger partial charge in [-0.05, 0) is 29.7 Å². The van der Waals surface area contributed by atoms with Gasteiger partial charge >= 0.3 is 0 Å². The van der Waals surface area contributed by atoms with Crippen molar-refractivity contribution in [1.82, 2.24) is 4.98 Å².